The lowest BCUT2D eigenvalue weighted by Crippen LogP contribution is -2.24. The summed E-state index contributed by atoms with van der Waals surface area (Å²) in [6.45, 7) is 8.31. The Morgan fingerprint density at radius 3 is 2.79 bits per heavy atom. The van der Waals surface area contributed by atoms with E-state index in [0.29, 0.717) is 11.5 Å². The number of rotatable bonds is 4. The summed E-state index contributed by atoms with van der Waals surface area (Å²) >= 11 is 0. The summed E-state index contributed by atoms with van der Waals surface area (Å²) in [6, 6.07) is 5.56. The molecule has 0 spiro atoms. The monoisotopic (exact) mass is 328 g/mol. The van der Waals surface area contributed by atoms with Crippen LogP contribution >= 0.6 is 0 Å². The van der Waals surface area contributed by atoms with Gasteiger partial charge in [0.1, 0.15) is 5.82 Å². The van der Waals surface area contributed by atoms with E-state index >= 15 is 0 Å². The van der Waals surface area contributed by atoms with Crippen molar-refractivity contribution < 1.29 is 4.39 Å². The van der Waals surface area contributed by atoms with Gasteiger partial charge in [-0.2, -0.15) is 0 Å². The number of aromatic amines is 1. The molecule has 1 unspecified atom stereocenters. The average molecular weight is 328 g/mol. The fourth-order valence-corrected chi connectivity index (χ4v) is 3.51. The highest BCUT2D eigenvalue weighted by Crippen LogP contribution is 2.23. The van der Waals surface area contributed by atoms with E-state index in [1.54, 1.807) is 19.2 Å². The van der Waals surface area contributed by atoms with Gasteiger partial charge in [-0.3, -0.25) is 9.69 Å². The number of halogens is 1. The number of nitrogens with zero attached hydrogens (tertiary/aromatic N) is 1. The molecular weight excluding hydrogens is 303 g/mol. The fraction of sp³-hybridized carbons (Fsp3) is 0.450. The number of aromatic nitrogens is 1. The Morgan fingerprint density at radius 1 is 1.25 bits per heavy atom. The van der Waals surface area contributed by atoms with Gasteiger partial charge >= 0.3 is 0 Å². The van der Waals surface area contributed by atoms with E-state index in [4.69, 9.17) is 0 Å². The molecule has 1 aliphatic rings. The van der Waals surface area contributed by atoms with E-state index in [0.717, 1.165) is 54.9 Å². The summed E-state index contributed by atoms with van der Waals surface area (Å²) in [7, 11) is 0. The van der Waals surface area contributed by atoms with Gasteiger partial charge in [-0.1, -0.05) is 12.1 Å². The average Bonchev–Trinajstić information content (AvgIpc) is 2.99. The van der Waals surface area contributed by atoms with Crippen molar-refractivity contribution in [3.63, 3.8) is 0 Å². The van der Waals surface area contributed by atoms with Crippen LogP contribution in [0.2, 0.25) is 0 Å². The van der Waals surface area contributed by atoms with Crippen molar-refractivity contribution in [3.05, 3.63) is 68.4 Å². The maximum atomic E-state index is 13.7. The fourth-order valence-electron chi connectivity index (χ4n) is 3.51. The van der Waals surface area contributed by atoms with E-state index in [9.17, 15) is 9.18 Å². The van der Waals surface area contributed by atoms with Crippen LogP contribution in [0.1, 0.15) is 34.4 Å². The standard InChI is InChI=1S/C20H25FN2O/c1-13-4-5-16(9-18(13)21)8-17-6-7-23(11-17)12-19-15(3)20(24)14(2)10-22-19/h4-5,9-10,17H,6-8,11-12H2,1-3H3,(H,22,24). The molecule has 24 heavy (non-hydrogen) atoms. The van der Waals surface area contributed by atoms with Crippen molar-refractivity contribution in [2.45, 2.75) is 40.2 Å². The van der Waals surface area contributed by atoms with Gasteiger partial charge in [0.15, 0.2) is 5.43 Å². The molecule has 1 N–H and O–H groups in total. The van der Waals surface area contributed by atoms with Gasteiger partial charge in [-0.15, -0.1) is 0 Å². The molecule has 2 heterocycles. The van der Waals surface area contributed by atoms with Crippen LogP contribution in [0.15, 0.2) is 29.2 Å². The zero-order valence-corrected chi connectivity index (χ0v) is 14.7. The molecule has 1 fully saturated rings. The molecule has 0 aliphatic carbocycles. The number of benzene rings is 1. The van der Waals surface area contributed by atoms with Crippen molar-refractivity contribution in [3.8, 4) is 0 Å². The highest BCUT2D eigenvalue weighted by atomic mass is 19.1. The third-order valence-corrected chi connectivity index (χ3v) is 5.13. The quantitative estimate of drug-likeness (QED) is 0.932. The van der Waals surface area contributed by atoms with E-state index in [2.05, 4.69) is 9.88 Å². The topological polar surface area (TPSA) is 36.1 Å². The predicted octanol–water partition coefficient (Wildman–Crippen LogP) is 3.50. The van der Waals surface area contributed by atoms with Gasteiger partial charge < -0.3 is 4.98 Å². The Hall–Kier alpha value is -1.94. The Labute approximate surface area is 142 Å². The van der Waals surface area contributed by atoms with E-state index in [1.165, 1.54) is 0 Å². The maximum absolute atomic E-state index is 13.7. The largest absolute Gasteiger partial charge is 0.363 e. The van der Waals surface area contributed by atoms with Crippen LogP contribution in [0, 0.1) is 32.5 Å². The van der Waals surface area contributed by atoms with Crippen molar-refractivity contribution in [2.24, 2.45) is 5.92 Å². The Balaban J connectivity index is 1.62. The first-order valence-electron chi connectivity index (χ1n) is 8.59. The predicted molar refractivity (Wildman–Crippen MR) is 94.8 cm³/mol. The molecule has 0 radical (unpaired) electrons. The Kier molecular flexibility index (Phi) is 4.86. The molecule has 3 nitrogen and oxygen atoms in total. The second-order valence-electron chi connectivity index (χ2n) is 7.08. The lowest BCUT2D eigenvalue weighted by atomic mass is 9.98. The highest BCUT2D eigenvalue weighted by Gasteiger charge is 2.23. The summed E-state index contributed by atoms with van der Waals surface area (Å²) in [5.74, 6) is 0.430. The lowest BCUT2D eigenvalue weighted by molar-refractivity contribution is 0.311. The number of H-pyrrole nitrogens is 1. The van der Waals surface area contributed by atoms with Crippen LogP contribution in [-0.2, 0) is 13.0 Å². The summed E-state index contributed by atoms with van der Waals surface area (Å²) in [6.07, 6.45) is 3.83. The second kappa shape index (κ2) is 6.89. The van der Waals surface area contributed by atoms with Crippen LogP contribution in [0.4, 0.5) is 4.39 Å². The van der Waals surface area contributed by atoms with Crippen molar-refractivity contribution in [1.82, 2.24) is 9.88 Å². The van der Waals surface area contributed by atoms with Gasteiger partial charge in [0, 0.05) is 36.1 Å². The van der Waals surface area contributed by atoms with Gasteiger partial charge in [0.05, 0.1) is 0 Å². The van der Waals surface area contributed by atoms with Crippen LogP contribution in [0.3, 0.4) is 0 Å². The van der Waals surface area contributed by atoms with E-state index < -0.39 is 0 Å². The number of nitrogens with one attached hydrogen (secondary N) is 1. The van der Waals surface area contributed by atoms with Gasteiger partial charge in [0.2, 0.25) is 0 Å². The first-order valence-corrected chi connectivity index (χ1v) is 8.59. The number of hydrogen-bond acceptors (Lipinski definition) is 2. The minimum absolute atomic E-state index is 0.116. The molecule has 1 aliphatic heterocycles. The summed E-state index contributed by atoms with van der Waals surface area (Å²) in [5, 5.41) is 0. The molecule has 3 rings (SSSR count). The molecule has 1 aromatic heterocycles. The Morgan fingerprint density at radius 2 is 2.04 bits per heavy atom. The highest BCUT2D eigenvalue weighted by molar-refractivity contribution is 5.25. The summed E-state index contributed by atoms with van der Waals surface area (Å²) in [5.41, 5.74) is 4.49. The molecular formula is C20H25FN2O. The SMILES string of the molecule is Cc1ccc(CC2CCN(Cc3[nH]cc(C)c(=O)c3C)C2)cc1F. The number of hydrogen-bond donors (Lipinski definition) is 1. The minimum Gasteiger partial charge on any atom is -0.363 e. The van der Waals surface area contributed by atoms with Gasteiger partial charge in [-0.05, 0) is 63.3 Å². The number of likely N-dealkylation sites (tertiary alicyclic amines) is 1. The molecule has 0 amide bonds. The molecule has 0 saturated carbocycles. The summed E-state index contributed by atoms with van der Waals surface area (Å²) in [4.78, 5) is 17.7. The first kappa shape index (κ1) is 16.9. The molecule has 4 heteroatoms. The minimum atomic E-state index is -0.116. The molecule has 128 valence electrons. The van der Waals surface area contributed by atoms with Gasteiger partial charge in [0.25, 0.3) is 0 Å². The zero-order valence-electron chi connectivity index (χ0n) is 14.7. The zero-order chi connectivity index (χ0) is 17.3. The molecule has 2 aromatic rings. The first-order chi connectivity index (χ1) is 11.4. The van der Waals surface area contributed by atoms with Crippen LogP contribution < -0.4 is 5.43 Å². The number of pyridine rings is 1. The van der Waals surface area contributed by atoms with Crippen molar-refractivity contribution >= 4 is 0 Å². The molecule has 1 atom stereocenters. The smallest absolute Gasteiger partial charge is 0.187 e. The van der Waals surface area contributed by atoms with Crippen LogP contribution in [-0.4, -0.2) is 23.0 Å². The molecule has 0 bridgehead atoms. The lowest BCUT2D eigenvalue weighted by Gasteiger charge is -2.17. The molecule has 1 aromatic carbocycles. The third-order valence-electron chi connectivity index (χ3n) is 5.13. The normalized spacial score (nSPS) is 18.2. The Bertz CT molecular complexity index is 797. The van der Waals surface area contributed by atoms with Crippen LogP contribution in [0.5, 0.6) is 0 Å². The summed E-state index contributed by atoms with van der Waals surface area (Å²) < 4.78 is 13.7. The second-order valence-corrected chi connectivity index (χ2v) is 7.08. The number of aryl methyl sites for hydroxylation is 2. The van der Waals surface area contributed by atoms with Gasteiger partial charge in [-0.25, -0.2) is 4.39 Å². The van der Waals surface area contributed by atoms with Crippen molar-refractivity contribution in [2.75, 3.05) is 13.1 Å². The van der Waals surface area contributed by atoms with Crippen LogP contribution in [0.25, 0.3) is 0 Å². The van der Waals surface area contributed by atoms with E-state index in [-0.39, 0.29) is 11.2 Å². The maximum Gasteiger partial charge on any atom is 0.187 e. The van der Waals surface area contributed by atoms with E-state index in [1.807, 2.05) is 26.0 Å². The molecule has 1 saturated heterocycles. The van der Waals surface area contributed by atoms with Crippen molar-refractivity contribution in [1.29, 1.82) is 0 Å². The third kappa shape index (κ3) is 3.59.